The van der Waals surface area contributed by atoms with Gasteiger partial charge in [0.05, 0.1) is 12.8 Å². The molecule has 0 atom stereocenters. The third-order valence-corrected chi connectivity index (χ3v) is 4.47. The van der Waals surface area contributed by atoms with Gasteiger partial charge in [0.1, 0.15) is 5.75 Å². The number of urea groups is 1. The minimum Gasteiger partial charge on any atom is -0.495 e. The van der Waals surface area contributed by atoms with E-state index in [-0.39, 0.29) is 0 Å². The van der Waals surface area contributed by atoms with Crippen LogP contribution in [0.4, 0.5) is 26.4 Å². The van der Waals surface area contributed by atoms with Gasteiger partial charge in [-0.1, -0.05) is 41.7 Å². The molecule has 0 radical (unpaired) electrons. The van der Waals surface area contributed by atoms with Crippen LogP contribution in [0.25, 0.3) is 0 Å². The molecule has 8 heteroatoms. The first-order chi connectivity index (χ1) is 12.7. The molecular weight excluding hydrogens is 350 g/mol. The molecule has 2 amide bonds. The van der Waals surface area contributed by atoms with Crippen molar-refractivity contribution in [3.05, 3.63) is 54.6 Å². The molecular formula is C18H19N5O2S. The first-order valence-corrected chi connectivity index (χ1v) is 8.90. The Labute approximate surface area is 155 Å². The van der Waals surface area contributed by atoms with Crippen LogP contribution in [0.2, 0.25) is 0 Å². The van der Waals surface area contributed by atoms with Crippen molar-refractivity contribution >= 4 is 39.0 Å². The van der Waals surface area contributed by atoms with E-state index in [9.17, 15) is 4.79 Å². The predicted molar refractivity (Wildman–Crippen MR) is 105 cm³/mol. The first kappa shape index (κ1) is 17.7. The number of amides is 2. The zero-order valence-corrected chi connectivity index (χ0v) is 15.3. The van der Waals surface area contributed by atoms with E-state index < -0.39 is 6.03 Å². The molecule has 3 aromatic rings. The molecule has 134 valence electrons. The van der Waals surface area contributed by atoms with Crippen molar-refractivity contribution < 1.29 is 9.53 Å². The number of carbonyl (C=O) groups excluding carboxylic acids is 1. The molecule has 2 N–H and O–H groups in total. The summed E-state index contributed by atoms with van der Waals surface area (Å²) in [5.41, 5.74) is 1.60. The molecule has 0 bridgehead atoms. The third-order valence-electron chi connectivity index (χ3n) is 3.60. The Morgan fingerprint density at radius 1 is 1.08 bits per heavy atom. The average Bonchev–Trinajstić information content (AvgIpc) is 3.11. The molecule has 0 fully saturated rings. The minimum atomic E-state index is -0.403. The molecule has 0 saturated carbocycles. The number of hydrogen-bond acceptors (Lipinski definition) is 6. The highest BCUT2D eigenvalue weighted by Gasteiger charge is 2.15. The van der Waals surface area contributed by atoms with Crippen molar-refractivity contribution in [2.45, 2.75) is 6.92 Å². The summed E-state index contributed by atoms with van der Waals surface area (Å²) in [6.45, 7) is 2.78. The van der Waals surface area contributed by atoms with Gasteiger partial charge in [-0.2, -0.15) is 0 Å². The zero-order valence-electron chi connectivity index (χ0n) is 14.5. The van der Waals surface area contributed by atoms with Gasteiger partial charge in [0.25, 0.3) is 0 Å². The Balaban J connectivity index is 1.69. The van der Waals surface area contributed by atoms with Crippen molar-refractivity contribution in [3.8, 4) is 5.75 Å². The minimum absolute atomic E-state index is 0.403. The summed E-state index contributed by atoms with van der Waals surface area (Å²) < 4.78 is 5.22. The number of methoxy groups -OCH3 is 1. The maximum absolute atomic E-state index is 12.2. The predicted octanol–water partition coefficient (Wildman–Crippen LogP) is 4.35. The van der Waals surface area contributed by atoms with E-state index >= 15 is 0 Å². The van der Waals surface area contributed by atoms with Gasteiger partial charge in [-0.05, 0) is 31.2 Å². The lowest BCUT2D eigenvalue weighted by molar-refractivity contribution is 0.262. The topological polar surface area (TPSA) is 79.4 Å². The van der Waals surface area contributed by atoms with E-state index in [0.717, 1.165) is 12.2 Å². The number of aromatic nitrogens is 2. The number of ether oxygens (including phenoxy) is 1. The average molecular weight is 369 g/mol. The maximum atomic E-state index is 12.2. The molecule has 0 aliphatic heterocycles. The van der Waals surface area contributed by atoms with E-state index in [0.29, 0.717) is 21.7 Å². The maximum Gasteiger partial charge on any atom is 0.325 e. The second-order valence-electron chi connectivity index (χ2n) is 5.25. The van der Waals surface area contributed by atoms with Gasteiger partial charge < -0.3 is 15.0 Å². The third kappa shape index (κ3) is 4.09. The first-order valence-electron chi connectivity index (χ1n) is 8.08. The summed E-state index contributed by atoms with van der Waals surface area (Å²) in [6.07, 6.45) is 0. The zero-order chi connectivity index (χ0) is 18.4. The Morgan fingerprint density at radius 3 is 2.54 bits per heavy atom. The van der Waals surface area contributed by atoms with Crippen LogP contribution >= 0.6 is 11.3 Å². The van der Waals surface area contributed by atoms with Crippen LogP contribution in [0.3, 0.4) is 0 Å². The molecule has 1 aromatic heterocycles. The van der Waals surface area contributed by atoms with Crippen molar-refractivity contribution in [1.29, 1.82) is 0 Å². The molecule has 0 aliphatic rings. The Bertz CT molecular complexity index is 869. The van der Waals surface area contributed by atoms with Crippen molar-refractivity contribution in [1.82, 2.24) is 10.2 Å². The molecule has 1 heterocycles. The molecule has 7 nitrogen and oxygen atoms in total. The van der Waals surface area contributed by atoms with Crippen LogP contribution in [0, 0.1) is 0 Å². The molecule has 2 aromatic carbocycles. The van der Waals surface area contributed by atoms with E-state index in [1.165, 1.54) is 11.3 Å². The Kier molecular flexibility index (Phi) is 5.65. The summed E-state index contributed by atoms with van der Waals surface area (Å²) in [5.74, 6) is 0.585. The fourth-order valence-electron chi connectivity index (χ4n) is 2.41. The summed E-state index contributed by atoms with van der Waals surface area (Å²) in [7, 11) is 1.55. The monoisotopic (exact) mass is 369 g/mol. The van der Waals surface area contributed by atoms with Crippen LogP contribution in [-0.2, 0) is 0 Å². The quantitative estimate of drug-likeness (QED) is 0.675. The fourth-order valence-corrected chi connectivity index (χ4v) is 3.23. The largest absolute Gasteiger partial charge is 0.495 e. The molecule has 0 unspecified atom stereocenters. The van der Waals surface area contributed by atoms with Gasteiger partial charge in [0, 0.05) is 12.2 Å². The highest BCUT2D eigenvalue weighted by molar-refractivity contribution is 7.19. The van der Waals surface area contributed by atoms with Crippen LogP contribution in [0.5, 0.6) is 5.75 Å². The van der Waals surface area contributed by atoms with E-state index in [2.05, 4.69) is 20.8 Å². The van der Waals surface area contributed by atoms with E-state index in [1.807, 2.05) is 54.3 Å². The van der Waals surface area contributed by atoms with Gasteiger partial charge >= 0.3 is 6.03 Å². The molecule has 3 rings (SSSR count). The summed E-state index contributed by atoms with van der Waals surface area (Å²) >= 11 is 1.31. The highest BCUT2D eigenvalue weighted by atomic mass is 32.1. The van der Waals surface area contributed by atoms with Crippen molar-refractivity contribution in [2.75, 3.05) is 29.2 Å². The van der Waals surface area contributed by atoms with E-state index in [4.69, 9.17) is 4.74 Å². The highest BCUT2D eigenvalue weighted by Crippen LogP contribution is 2.30. The summed E-state index contributed by atoms with van der Waals surface area (Å²) in [6, 6.07) is 16.7. The van der Waals surface area contributed by atoms with Gasteiger partial charge in [-0.3, -0.25) is 5.32 Å². The second-order valence-corrected chi connectivity index (χ2v) is 6.20. The molecule has 0 saturated heterocycles. The van der Waals surface area contributed by atoms with E-state index in [1.54, 1.807) is 19.2 Å². The fraction of sp³-hybridized carbons (Fsp3) is 0.167. The number of hydrogen-bond donors (Lipinski definition) is 2. The van der Waals surface area contributed by atoms with Gasteiger partial charge in [-0.25, -0.2) is 4.79 Å². The number of rotatable bonds is 6. The van der Waals surface area contributed by atoms with Crippen LogP contribution in [0.15, 0.2) is 54.6 Å². The lowest BCUT2D eigenvalue weighted by atomic mass is 10.3. The standard InChI is InChI=1S/C18H19N5O2S/c1-3-23(13-9-5-4-6-10-13)18-22-21-17(26-18)20-16(24)19-14-11-7-8-12-15(14)25-2/h4-12H,3H2,1-2H3,(H2,19,20,21,24). The number of nitrogens with zero attached hydrogens (tertiary/aromatic N) is 3. The molecule has 0 aliphatic carbocycles. The summed E-state index contributed by atoms with van der Waals surface area (Å²) in [4.78, 5) is 14.2. The number of benzene rings is 2. The number of para-hydroxylation sites is 3. The van der Waals surface area contributed by atoms with Crippen molar-refractivity contribution in [3.63, 3.8) is 0 Å². The number of carbonyl (C=O) groups is 1. The van der Waals surface area contributed by atoms with Crippen molar-refractivity contribution in [2.24, 2.45) is 0 Å². The van der Waals surface area contributed by atoms with Gasteiger partial charge in [0.2, 0.25) is 10.3 Å². The Morgan fingerprint density at radius 2 is 1.81 bits per heavy atom. The number of nitrogens with one attached hydrogen (secondary N) is 2. The van der Waals surface area contributed by atoms with Crippen LogP contribution in [0.1, 0.15) is 6.92 Å². The molecule has 0 spiro atoms. The summed E-state index contributed by atoms with van der Waals surface area (Å²) in [5, 5.41) is 14.8. The van der Waals surface area contributed by atoms with Gasteiger partial charge in [-0.15, -0.1) is 10.2 Å². The lowest BCUT2D eigenvalue weighted by Gasteiger charge is -2.18. The SMILES string of the molecule is CCN(c1ccccc1)c1nnc(NC(=O)Nc2ccccc2OC)s1. The smallest absolute Gasteiger partial charge is 0.325 e. The number of anilines is 4. The van der Waals surface area contributed by atoms with Crippen LogP contribution < -0.4 is 20.3 Å². The Hall–Kier alpha value is -3.13. The molecule has 26 heavy (non-hydrogen) atoms. The second kappa shape index (κ2) is 8.30. The van der Waals surface area contributed by atoms with Crippen LogP contribution in [-0.4, -0.2) is 29.9 Å². The van der Waals surface area contributed by atoms with Gasteiger partial charge in [0.15, 0.2) is 0 Å². The normalized spacial score (nSPS) is 10.2. The lowest BCUT2D eigenvalue weighted by Crippen LogP contribution is -2.19.